The fourth-order valence-electron chi connectivity index (χ4n) is 1.18. The molecule has 0 aromatic heterocycles. The maximum atomic E-state index is 11.3. The van der Waals surface area contributed by atoms with Crippen LogP contribution in [-0.4, -0.2) is 24.3 Å². The van der Waals surface area contributed by atoms with E-state index in [0.717, 1.165) is 13.0 Å². The van der Waals surface area contributed by atoms with Gasteiger partial charge in [0.1, 0.15) is 5.60 Å². The maximum absolute atomic E-state index is 11.3. The molecule has 0 radical (unpaired) electrons. The summed E-state index contributed by atoms with van der Waals surface area (Å²) < 4.78 is 5.08. The van der Waals surface area contributed by atoms with E-state index in [9.17, 15) is 4.79 Å². The molecular formula is C10H19N3O2. The highest BCUT2D eigenvalue weighted by atomic mass is 16.6. The van der Waals surface area contributed by atoms with Gasteiger partial charge in [-0.2, -0.15) is 0 Å². The molecule has 86 valence electrons. The van der Waals surface area contributed by atoms with Crippen LogP contribution < -0.4 is 16.2 Å². The van der Waals surface area contributed by atoms with E-state index in [0.29, 0.717) is 0 Å². The number of carbonyl (C=O) groups excluding carboxylic acids is 1. The van der Waals surface area contributed by atoms with Crippen molar-refractivity contribution in [3.63, 3.8) is 0 Å². The van der Waals surface area contributed by atoms with Crippen molar-refractivity contribution in [2.45, 2.75) is 38.8 Å². The van der Waals surface area contributed by atoms with Crippen molar-refractivity contribution >= 4 is 6.09 Å². The molecule has 0 bridgehead atoms. The number of ether oxygens (including phenoxy) is 1. The Labute approximate surface area is 90.2 Å². The lowest BCUT2D eigenvalue weighted by Crippen LogP contribution is -2.50. The van der Waals surface area contributed by atoms with Gasteiger partial charge < -0.3 is 10.1 Å². The highest BCUT2D eigenvalue weighted by Gasteiger charge is 2.17. The lowest BCUT2D eigenvalue weighted by atomic mass is 10.2. The summed E-state index contributed by atoms with van der Waals surface area (Å²) in [6.45, 7) is 6.29. The minimum Gasteiger partial charge on any atom is -0.443 e. The van der Waals surface area contributed by atoms with Crippen LogP contribution >= 0.6 is 0 Å². The summed E-state index contributed by atoms with van der Waals surface area (Å²) in [5.41, 5.74) is 4.97. The molecule has 3 N–H and O–H groups in total. The van der Waals surface area contributed by atoms with Crippen LogP contribution in [-0.2, 0) is 4.74 Å². The van der Waals surface area contributed by atoms with E-state index < -0.39 is 11.7 Å². The van der Waals surface area contributed by atoms with Crippen LogP contribution in [0.3, 0.4) is 0 Å². The van der Waals surface area contributed by atoms with Crippen LogP contribution in [0.15, 0.2) is 12.3 Å². The summed E-state index contributed by atoms with van der Waals surface area (Å²) in [7, 11) is 0. The molecule has 1 aliphatic heterocycles. The molecule has 5 heteroatoms. The van der Waals surface area contributed by atoms with Gasteiger partial charge in [0.25, 0.3) is 0 Å². The van der Waals surface area contributed by atoms with Gasteiger partial charge in [-0.15, -0.1) is 0 Å². The summed E-state index contributed by atoms with van der Waals surface area (Å²) >= 11 is 0. The third-order valence-electron chi connectivity index (χ3n) is 1.80. The van der Waals surface area contributed by atoms with Crippen molar-refractivity contribution in [1.29, 1.82) is 0 Å². The second kappa shape index (κ2) is 5.02. The molecule has 1 aliphatic rings. The van der Waals surface area contributed by atoms with E-state index in [2.05, 4.69) is 16.2 Å². The van der Waals surface area contributed by atoms with E-state index in [1.54, 1.807) is 0 Å². The molecule has 0 aliphatic carbocycles. The monoisotopic (exact) mass is 213 g/mol. The number of rotatable bonds is 2. The fourth-order valence-corrected chi connectivity index (χ4v) is 1.18. The van der Waals surface area contributed by atoms with Crippen molar-refractivity contribution in [3.05, 3.63) is 12.3 Å². The molecule has 0 unspecified atom stereocenters. The smallest absolute Gasteiger partial charge is 0.422 e. The molecule has 0 saturated carbocycles. The first-order valence-electron chi connectivity index (χ1n) is 5.10. The molecule has 0 aromatic rings. The molecule has 1 amide bonds. The Hall–Kier alpha value is -1.23. The third kappa shape index (κ3) is 5.27. The molecule has 15 heavy (non-hydrogen) atoms. The number of amides is 1. The second-order valence-electron chi connectivity index (χ2n) is 4.51. The van der Waals surface area contributed by atoms with E-state index in [1.807, 2.05) is 33.0 Å². The summed E-state index contributed by atoms with van der Waals surface area (Å²) in [6, 6.07) is 0.211. The van der Waals surface area contributed by atoms with Crippen LogP contribution in [0.2, 0.25) is 0 Å². The van der Waals surface area contributed by atoms with Crippen LogP contribution in [0.5, 0.6) is 0 Å². The number of hydrogen-bond acceptors (Lipinski definition) is 4. The van der Waals surface area contributed by atoms with Crippen LogP contribution in [0.1, 0.15) is 27.2 Å². The molecule has 1 heterocycles. The van der Waals surface area contributed by atoms with Crippen LogP contribution in [0.4, 0.5) is 4.79 Å². The number of carbonyl (C=O) groups is 1. The zero-order valence-corrected chi connectivity index (χ0v) is 9.46. The summed E-state index contributed by atoms with van der Waals surface area (Å²) in [5.74, 6) is 0. The first-order chi connectivity index (χ1) is 6.97. The molecule has 1 rings (SSSR count). The van der Waals surface area contributed by atoms with Gasteiger partial charge in [-0.05, 0) is 33.4 Å². The normalized spacial score (nSPS) is 20.6. The van der Waals surface area contributed by atoms with Crippen molar-refractivity contribution < 1.29 is 9.53 Å². The minimum absolute atomic E-state index is 0.211. The topological polar surface area (TPSA) is 62.4 Å². The predicted molar refractivity (Wildman–Crippen MR) is 58.1 cm³/mol. The molecule has 5 nitrogen and oxygen atoms in total. The van der Waals surface area contributed by atoms with Crippen molar-refractivity contribution in [1.82, 2.24) is 16.2 Å². The van der Waals surface area contributed by atoms with Crippen molar-refractivity contribution in [3.8, 4) is 0 Å². The van der Waals surface area contributed by atoms with Gasteiger partial charge >= 0.3 is 6.09 Å². The number of hydrazine groups is 1. The lowest BCUT2D eigenvalue weighted by Gasteiger charge is -2.23. The van der Waals surface area contributed by atoms with Gasteiger partial charge in [0.05, 0.1) is 0 Å². The Morgan fingerprint density at radius 3 is 2.80 bits per heavy atom. The summed E-state index contributed by atoms with van der Waals surface area (Å²) in [5, 5.41) is 3.07. The first kappa shape index (κ1) is 11.8. The first-order valence-corrected chi connectivity index (χ1v) is 5.10. The predicted octanol–water partition coefficient (Wildman–Crippen LogP) is 0.891. The Kier molecular flexibility index (Phi) is 3.96. The van der Waals surface area contributed by atoms with Crippen LogP contribution in [0, 0.1) is 0 Å². The highest BCUT2D eigenvalue weighted by molar-refractivity contribution is 5.67. The molecule has 1 atom stereocenters. The minimum atomic E-state index is -0.462. The Morgan fingerprint density at radius 2 is 2.27 bits per heavy atom. The van der Waals surface area contributed by atoms with E-state index in [-0.39, 0.29) is 6.04 Å². The molecule has 0 aromatic carbocycles. The Morgan fingerprint density at radius 1 is 1.53 bits per heavy atom. The van der Waals surface area contributed by atoms with Gasteiger partial charge in [0.2, 0.25) is 0 Å². The van der Waals surface area contributed by atoms with Gasteiger partial charge in [0.15, 0.2) is 0 Å². The van der Waals surface area contributed by atoms with Gasteiger partial charge in [-0.1, -0.05) is 6.08 Å². The third-order valence-corrected chi connectivity index (χ3v) is 1.80. The average molecular weight is 213 g/mol. The summed E-state index contributed by atoms with van der Waals surface area (Å²) in [6.07, 6.45) is 4.36. The molecular weight excluding hydrogens is 194 g/mol. The van der Waals surface area contributed by atoms with E-state index in [1.165, 1.54) is 0 Å². The second-order valence-corrected chi connectivity index (χ2v) is 4.51. The van der Waals surface area contributed by atoms with Crippen molar-refractivity contribution in [2.75, 3.05) is 6.54 Å². The zero-order chi connectivity index (χ0) is 11.3. The quantitative estimate of drug-likeness (QED) is 0.596. The Balaban J connectivity index is 2.19. The van der Waals surface area contributed by atoms with E-state index >= 15 is 0 Å². The lowest BCUT2D eigenvalue weighted by molar-refractivity contribution is 0.0487. The Bertz CT molecular complexity index is 246. The van der Waals surface area contributed by atoms with Gasteiger partial charge in [0, 0.05) is 12.6 Å². The van der Waals surface area contributed by atoms with E-state index in [4.69, 9.17) is 4.74 Å². The molecule has 0 saturated heterocycles. The average Bonchev–Trinajstić information content (AvgIpc) is 2.14. The SMILES string of the molecule is CC(C)(C)OC(=O)NN[C@@H]1CC=CNC1. The van der Waals surface area contributed by atoms with Crippen LogP contribution in [0.25, 0.3) is 0 Å². The molecule has 0 spiro atoms. The summed E-state index contributed by atoms with van der Waals surface area (Å²) in [4.78, 5) is 11.3. The standard InChI is InChI=1S/C10H19N3O2/c1-10(2,3)15-9(14)13-12-8-5-4-6-11-7-8/h4,6,8,11-12H,5,7H2,1-3H3,(H,13,14)/t8-/m1/s1. The maximum Gasteiger partial charge on any atom is 0.422 e. The van der Waals surface area contributed by atoms with Crippen molar-refractivity contribution in [2.24, 2.45) is 0 Å². The largest absolute Gasteiger partial charge is 0.443 e. The van der Waals surface area contributed by atoms with Gasteiger partial charge in [-0.25, -0.2) is 10.2 Å². The van der Waals surface area contributed by atoms with Gasteiger partial charge in [-0.3, -0.25) is 5.43 Å². The fraction of sp³-hybridized carbons (Fsp3) is 0.700. The number of nitrogens with one attached hydrogen (secondary N) is 3. The highest BCUT2D eigenvalue weighted by Crippen LogP contribution is 2.06. The number of hydrogen-bond donors (Lipinski definition) is 3. The molecule has 0 fully saturated rings. The zero-order valence-electron chi connectivity index (χ0n) is 9.46.